The number of sulfone groups is 1. The van der Waals surface area contributed by atoms with Crippen LogP contribution in [0.25, 0.3) is 10.6 Å². The summed E-state index contributed by atoms with van der Waals surface area (Å²) in [7, 11) is -1.47. The summed E-state index contributed by atoms with van der Waals surface area (Å²) in [5, 5.41) is 9.08. The Morgan fingerprint density at radius 2 is 2.38 bits per heavy atom. The fraction of sp³-hybridized carbons (Fsp3) is 0.467. The van der Waals surface area contributed by atoms with E-state index in [1.54, 1.807) is 17.9 Å². The molecule has 1 N–H and O–H groups in total. The molecule has 3 heterocycles. The first-order chi connectivity index (χ1) is 11.5. The van der Waals surface area contributed by atoms with Crippen molar-refractivity contribution in [3.8, 4) is 10.6 Å². The first kappa shape index (κ1) is 17.1. The van der Waals surface area contributed by atoms with Crippen molar-refractivity contribution < 1.29 is 17.9 Å². The van der Waals surface area contributed by atoms with Crippen LogP contribution in [0, 0.1) is 0 Å². The number of amides is 1. The van der Waals surface area contributed by atoms with Gasteiger partial charge in [-0.2, -0.15) is 5.10 Å². The van der Waals surface area contributed by atoms with E-state index in [4.69, 9.17) is 4.74 Å². The van der Waals surface area contributed by atoms with Gasteiger partial charge in [-0.05, 0) is 23.9 Å². The molecule has 3 rings (SSSR count). The average Bonchev–Trinajstić information content (AvgIpc) is 3.24. The van der Waals surface area contributed by atoms with Gasteiger partial charge in [0.25, 0.3) is 5.91 Å². The topological polar surface area (TPSA) is 90.3 Å². The minimum atomic E-state index is -3.03. The predicted octanol–water partition coefficient (Wildman–Crippen LogP) is 1.35. The lowest BCUT2D eigenvalue weighted by atomic mass is 10.2. The molecule has 1 aliphatic heterocycles. The zero-order chi connectivity index (χ0) is 17.2. The first-order valence-electron chi connectivity index (χ1n) is 7.61. The second kappa shape index (κ2) is 7.04. The van der Waals surface area contributed by atoms with Crippen LogP contribution < -0.4 is 5.32 Å². The molecule has 1 atom stereocenters. The number of methoxy groups -OCH3 is 1. The Kier molecular flexibility index (Phi) is 5.02. The van der Waals surface area contributed by atoms with Gasteiger partial charge in [-0.3, -0.25) is 9.48 Å². The van der Waals surface area contributed by atoms with Crippen molar-refractivity contribution in [3.63, 3.8) is 0 Å². The number of aromatic nitrogens is 2. The highest BCUT2D eigenvalue weighted by Crippen LogP contribution is 2.32. The number of carbonyl (C=O) groups excluding carboxylic acids is 1. The Labute approximate surface area is 144 Å². The van der Waals surface area contributed by atoms with E-state index in [0.717, 1.165) is 10.6 Å². The van der Waals surface area contributed by atoms with E-state index in [2.05, 4.69) is 10.4 Å². The van der Waals surface area contributed by atoms with Crippen molar-refractivity contribution in [2.75, 3.05) is 31.8 Å². The van der Waals surface area contributed by atoms with E-state index < -0.39 is 9.84 Å². The average molecular weight is 369 g/mol. The van der Waals surface area contributed by atoms with Crippen LogP contribution in [0.4, 0.5) is 0 Å². The van der Waals surface area contributed by atoms with Crippen LogP contribution in [-0.4, -0.2) is 55.9 Å². The lowest BCUT2D eigenvalue weighted by molar-refractivity contribution is 0.0931. The van der Waals surface area contributed by atoms with Crippen molar-refractivity contribution in [2.45, 2.75) is 12.5 Å². The molecular formula is C15H19N3O4S2. The minimum Gasteiger partial charge on any atom is -0.383 e. The van der Waals surface area contributed by atoms with Crippen molar-refractivity contribution in [1.29, 1.82) is 0 Å². The molecule has 0 radical (unpaired) electrons. The van der Waals surface area contributed by atoms with Gasteiger partial charge in [-0.1, -0.05) is 6.07 Å². The first-order valence-corrected chi connectivity index (χ1v) is 10.3. The summed E-state index contributed by atoms with van der Waals surface area (Å²) in [6.07, 6.45) is 0.521. The van der Waals surface area contributed by atoms with Crippen molar-refractivity contribution >= 4 is 27.1 Å². The highest BCUT2D eigenvalue weighted by Gasteiger charge is 2.32. The molecule has 24 heavy (non-hydrogen) atoms. The quantitative estimate of drug-likeness (QED) is 0.776. The van der Waals surface area contributed by atoms with Crippen LogP contribution in [0.3, 0.4) is 0 Å². The Hall–Kier alpha value is -1.71. The van der Waals surface area contributed by atoms with E-state index in [9.17, 15) is 13.2 Å². The Morgan fingerprint density at radius 3 is 3.00 bits per heavy atom. The molecule has 2 aromatic heterocycles. The number of ether oxygens (including phenoxy) is 1. The van der Waals surface area contributed by atoms with Crippen LogP contribution >= 0.6 is 11.3 Å². The third-order valence-electron chi connectivity index (χ3n) is 3.89. The van der Waals surface area contributed by atoms with Gasteiger partial charge >= 0.3 is 0 Å². The molecule has 2 aromatic rings. The molecule has 1 amide bonds. The van der Waals surface area contributed by atoms with Gasteiger partial charge in [0.15, 0.2) is 15.5 Å². The fourth-order valence-corrected chi connectivity index (χ4v) is 5.14. The smallest absolute Gasteiger partial charge is 0.271 e. The SMILES string of the molecule is COCCNC(=O)c1cc(-c2cccs2)n(C2CCS(=O)(=O)C2)n1. The van der Waals surface area contributed by atoms with Crippen LogP contribution in [0.5, 0.6) is 0 Å². The van der Waals surface area contributed by atoms with Crippen LogP contribution in [0.2, 0.25) is 0 Å². The molecule has 9 heteroatoms. The third-order valence-corrected chi connectivity index (χ3v) is 6.53. The second-order valence-electron chi connectivity index (χ2n) is 5.64. The molecule has 7 nitrogen and oxygen atoms in total. The monoisotopic (exact) mass is 369 g/mol. The summed E-state index contributed by atoms with van der Waals surface area (Å²) in [5.41, 5.74) is 1.07. The van der Waals surface area contributed by atoms with Crippen LogP contribution in [0.15, 0.2) is 23.6 Å². The Morgan fingerprint density at radius 1 is 1.54 bits per heavy atom. The van der Waals surface area contributed by atoms with Gasteiger partial charge < -0.3 is 10.1 Å². The van der Waals surface area contributed by atoms with Gasteiger partial charge in [0.2, 0.25) is 0 Å². The van der Waals surface area contributed by atoms with Crippen molar-refractivity contribution in [1.82, 2.24) is 15.1 Å². The van der Waals surface area contributed by atoms with Gasteiger partial charge in [-0.25, -0.2) is 8.42 Å². The Bertz CT molecular complexity index is 812. The van der Waals surface area contributed by atoms with Crippen LogP contribution in [-0.2, 0) is 14.6 Å². The molecule has 1 fully saturated rings. The summed E-state index contributed by atoms with van der Waals surface area (Å²) in [5.74, 6) is -0.0568. The summed E-state index contributed by atoms with van der Waals surface area (Å²) in [4.78, 5) is 13.2. The van der Waals surface area contributed by atoms with E-state index in [-0.39, 0.29) is 23.5 Å². The van der Waals surface area contributed by atoms with Gasteiger partial charge in [-0.15, -0.1) is 11.3 Å². The van der Waals surface area contributed by atoms with E-state index in [0.29, 0.717) is 25.3 Å². The number of carbonyl (C=O) groups is 1. The second-order valence-corrected chi connectivity index (χ2v) is 8.82. The fourth-order valence-electron chi connectivity index (χ4n) is 2.72. The molecule has 1 saturated heterocycles. The maximum Gasteiger partial charge on any atom is 0.271 e. The molecule has 1 aliphatic rings. The summed E-state index contributed by atoms with van der Waals surface area (Å²) in [6, 6.07) is 5.35. The zero-order valence-corrected chi connectivity index (χ0v) is 14.9. The standard InChI is InChI=1S/C15H19N3O4S2/c1-22-6-5-16-15(19)12-9-13(14-3-2-7-23-14)18(17-12)11-4-8-24(20,21)10-11/h2-3,7,9,11H,4-6,8,10H2,1H3,(H,16,19). The van der Waals surface area contributed by atoms with Gasteiger partial charge in [0.05, 0.1) is 34.7 Å². The molecule has 0 spiro atoms. The largest absolute Gasteiger partial charge is 0.383 e. The molecule has 0 bridgehead atoms. The van der Waals surface area contributed by atoms with Gasteiger partial charge in [0.1, 0.15) is 0 Å². The van der Waals surface area contributed by atoms with E-state index in [1.807, 2.05) is 17.5 Å². The number of thiophene rings is 1. The summed E-state index contributed by atoms with van der Waals surface area (Å²) >= 11 is 1.53. The highest BCUT2D eigenvalue weighted by atomic mass is 32.2. The summed E-state index contributed by atoms with van der Waals surface area (Å²) < 4.78 is 30.2. The van der Waals surface area contributed by atoms with Crippen molar-refractivity contribution in [2.24, 2.45) is 0 Å². The third kappa shape index (κ3) is 3.68. The molecule has 0 aliphatic carbocycles. The van der Waals surface area contributed by atoms with E-state index >= 15 is 0 Å². The number of nitrogens with zero attached hydrogens (tertiary/aromatic N) is 2. The number of nitrogens with one attached hydrogen (secondary N) is 1. The normalized spacial score (nSPS) is 19.5. The maximum atomic E-state index is 12.2. The maximum absolute atomic E-state index is 12.2. The zero-order valence-electron chi connectivity index (χ0n) is 13.3. The lowest BCUT2D eigenvalue weighted by Crippen LogP contribution is -2.27. The lowest BCUT2D eigenvalue weighted by Gasteiger charge is -2.12. The number of hydrogen-bond donors (Lipinski definition) is 1. The number of rotatable bonds is 6. The van der Waals surface area contributed by atoms with E-state index in [1.165, 1.54) is 11.3 Å². The molecule has 0 saturated carbocycles. The van der Waals surface area contributed by atoms with Gasteiger partial charge in [0, 0.05) is 13.7 Å². The Balaban J connectivity index is 1.90. The molecular weight excluding hydrogens is 350 g/mol. The van der Waals surface area contributed by atoms with Crippen LogP contribution in [0.1, 0.15) is 23.0 Å². The highest BCUT2D eigenvalue weighted by molar-refractivity contribution is 7.91. The summed E-state index contributed by atoms with van der Waals surface area (Å²) in [6.45, 7) is 0.819. The molecule has 0 aromatic carbocycles. The minimum absolute atomic E-state index is 0.0673. The number of hydrogen-bond acceptors (Lipinski definition) is 6. The molecule has 130 valence electrons. The molecule has 1 unspecified atom stereocenters. The van der Waals surface area contributed by atoms with Crippen molar-refractivity contribution in [3.05, 3.63) is 29.3 Å². The predicted molar refractivity (Wildman–Crippen MR) is 92.1 cm³/mol.